The Balaban J connectivity index is 0.856. The van der Waals surface area contributed by atoms with Crippen molar-refractivity contribution in [1.82, 2.24) is 56.2 Å². The molecule has 8 rings (SSSR count). The molecule has 1 saturated carbocycles. The van der Waals surface area contributed by atoms with Crippen molar-refractivity contribution in [3.8, 4) is 11.3 Å². The van der Waals surface area contributed by atoms with E-state index in [2.05, 4.69) is 36.9 Å². The third-order valence-electron chi connectivity index (χ3n) is 20.8. The van der Waals surface area contributed by atoms with Gasteiger partial charge in [0.15, 0.2) is 0 Å². The molecule has 4 aliphatic rings. The molecule has 1 aliphatic carbocycles. The average Bonchev–Trinajstić information content (AvgIpc) is 1.60. The van der Waals surface area contributed by atoms with Gasteiger partial charge >= 0.3 is 12.1 Å². The molecule has 3 aliphatic heterocycles. The van der Waals surface area contributed by atoms with E-state index in [1.165, 1.54) is 24.2 Å². The van der Waals surface area contributed by atoms with E-state index in [-0.39, 0.29) is 105 Å². The number of imidazole rings is 1. The van der Waals surface area contributed by atoms with Crippen LogP contribution in [0.15, 0.2) is 103 Å². The molecule has 3 fully saturated rings. The van der Waals surface area contributed by atoms with Gasteiger partial charge in [0, 0.05) is 83.0 Å². The predicted octanol–water partition coefficient (Wildman–Crippen LogP) is 7.23. The van der Waals surface area contributed by atoms with Crippen LogP contribution in [0, 0.1) is 29.6 Å². The molecule has 3 unspecified atom stereocenters. The van der Waals surface area contributed by atoms with Crippen LogP contribution >= 0.6 is 0 Å². The number of H-pyrrole nitrogens is 1. The van der Waals surface area contributed by atoms with E-state index >= 15 is 4.79 Å². The van der Waals surface area contributed by atoms with E-state index in [1.54, 1.807) is 62.1 Å². The number of methoxy groups -OCH3 is 2. The number of hydrogen-bond donors (Lipinski definition) is 8. The minimum Gasteiger partial charge on any atom is -0.445 e. The van der Waals surface area contributed by atoms with E-state index in [0.29, 0.717) is 87.8 Å². The second-order valence-corrected chi connectivity index (χ2v) is 28.7. The summed E-state index contributed by atoms with van der Waals surface area (Å²) in [4.78, 5) is 163. The number of unbranched alkanes of at least 4 members (excludes halogenated alkanes) is 2. The van der Waals surface area contributed by atoms with Crippen LogP contribution in [0.25, 0.3) is 11.3 Å². The highest BCUT2D eigenvalue weighted by molar-refractivity contribution is 6.12. The number of fused-ring (bicyclic) bond motifs is 2. The van der Waals surface area contributed by atoms with Gasteiger partial charge in [0.25, 0.3) is 11.8 Å². The van der Waals surface area contributed by atoms with Gasteiger partial charge in [0.05, 0.1) is 48.4 Å². The number of aromatic amines is 1. The number of rotatable bonds is 38. The molecule has 9 N–H and O–H groups in total. The minimum absolute atomic E-state index is 0.0775. The Morgan fingerprint density at radius 3 is 2.07 bits per heavy atom. The van der Waals surface area contributed by atoms with Crippen molar-refractivity contribution >= 4 is 71.0 Å². The van der Waals surface area contributed by atoms with Crippen LogP contribution in [-0.2, 0) is 70.4 Å². The number of urea groups is 1. The summed E-state index contributed by atoms with van der Waals surface area (Å²) >= 11 is 0. The first-order valence-corrected chi connectivity index (χ1v) is 36.7. The lowest BCUT2D eigenvalue weighted by Crippen LogP contribution is -2.60. The van der Waals surface area contributed by atoms with Crippen LogP contribution in [0.3, 0.4) is 0 Å². The second-order valence-electron chi connectivity index (χ2n) is 28.7. The van der Waals surface area contributed by atoms with Crippen LogP contribution in [0.1, 0.15) is 155 Å². The fourth-order valence-electron chi connectivity index (χ4n) is 14.9. The maximum absolute atomic E-state index is 15.1. The molecule has 13 atom stereocenters. The standard InChI is InChI=1S/C77H107N13O14/c1-11-48(6)67(60(102-9)43-64(94)88-40-22-28-59(88)69(103-10)49(7)71(95)84-57(41-50-23-15-12-16-24-50)70-80-44-58(82-70)52-25-17-13-18-26-52)87(8)75(99)66(47(4)5)86-74(98)68-53-32-35-55(42-53)90(68)77(101)104-45-51-30-33-54(34-31-51)81-72(96)56(27-21-38-79-76(78)100)83-73(97)65(46(2)3)85-61(91)29-19-14-20-39-89-62(92)36-37-63(89)93/h12-13,15-18,23-26,30-31,33-34,36-37,44,46-49,53,55-57,59-60,65-69H,11,14,19-22,27-29,32,35,38-43,45H2,1-10H3,(H,80,82)(H,81,96)(H,83,97)(H,84,95)(H,85,91)(H,86,98)(H3,78,79,100)/t48-,49+,53-,55+,56-,57-,59-,60?,65-,66-,67-,68?,69?/m0/s1. The molecule has 104 heavy (non-hydrogen) atoms. The fourth-order valence-corrected chi connectivity index (χ4v) is 14.9. The summed E-state index contributed by atoms with van der Waals surface area (Å²) < 4.78 is 18.2. The number of primary amides is 1. The highest BCUT2D eigenvalue weighted by atomic mass is 16.6. The van der Waals surface area contributed by atoms with Crippen molar-refractivity contribution in [2.24, 2.45) is 35.3 Å². The van der Waals surface area contributed by atoms with E-state index in [4.69, 9.17) is 24.9 Å². The van der Waals surface area contributed by atoms with Crippen molar-refractivity contribution in [3.05, 3.63) is 120 Å². The predicted molar refractivity (Wildman–Crippen MR) is 390 cm³/mol. The van der Waals surface area contributed by atoms with Gasteiger partial charge in [-0.3, -0.25) is 53.0 Å². The van der Waals surface area contributed by atoms with Gasteiger partial charge < -0.3 is 66.6 Å². The average molecular weight is 1440 g/mol. The zero-order chi connectivity index (χ0) is 75.3. The second kappa shape index (κ2) is 38.3. The molecular weight excluding hydrogens is 1330 g/mol. The van der Waals surface area contributed by atoms with Crippen molar-refractivity contribution in [2.75, 3.05) is 46.2 Å². The van der Waals surface area contributed by atoms with Gasteiger partial charge in [-0.15, -0.1) is 0 Å². The van der Waals surface area contributed by atoms with E-state index in [9.17, 15) is 47.9 Å². The molecule has 2 saturated heterocycles. The zero-order valence-electron chi connectivity index (χ0n) is 61.7. The van der Waals surface area contributed by atoms with E-state index in [0.717, 1.165) is 21.7 Å². The fraction of sp³-hybridized carbons (Fsp3) is 0.558. The van der Waals surface area contributed by atoms with Gasteiger partial charge in [-0.2, -0.15) is 0 Å². The van der Waals surface area contributed by atoms with Crippen molar-refractivity contribution < 1.29 is 67.0 Å². The maximum Gasteiger partial charge on any atom is 0.411 e. The van der Waals surface area contributed by atoms with Crippen LogP contribution < -0.4 is 37.6 Å². The molecule has 27 heteroatoms. The lowest BCUT2D eigenvalue weighted by atomic mass is 9.89. The molecule has 0 radical (unpaired) electrons. The maximum atomic E-state index is 15.1. The van der Waals surface area contributed by atoms with Gasteiger partial charge in [-0.25, -0.2) is 14.6 Å². The summed E-state index contributed by atoms with van der Waals surface area (Å²) in [5.41, 5.74) is 8.89. The van der Waals surface area contributed by atoms with Crippen LogP contribution in [-0.4, -0.2) is 190 Å². The highest BCUT2D eigenvalue weighted by Crippen LogP contribution is 2.43. The number of aromatic nitrogens is 2. The summed E-state index contributed by atoms with van der Waals surface area (Å²) in [5.74, 6) is -4.82. The summed E-state index contributed by atoms with van der Waals surface area (Å²) in [6.07, 6.45) is 8.37. The number of nitrogens with two attached hydrogens (primary N) is 1. The Labute approximate surface area is 610 Å². The lowest BCUT2D eigenvalue weighted by Gasteiger charge is -2.41. The number of likely N-dealkylation sites (N-methyl/N-ethyl adjacent to an activating group) is 1. The Bertz CT molecular complexity index is 3610. The number of nitrogens with zero attached hydrogens (tertiary/aromatic N) is 5. The smallest absolute Gasteiger partial charge is 0.411 e. The third kappa shape index (κ3) is 21.1. The molecule has 4 aromatic rings. The first-order valence-electron chi connectivity index (χ1n) is 36.7. The van der Waals surface area contributed by atoms with Gasteiger partial charge in [0.2, 0.25) is 41.4 Å². The van der Waals surface area contributed by atoms with Crippen LogP contribution in [0.2, 0.25) is 0 Å². The SMILES string of the molecule is CC[C@H](C)[C@@H](C(CC(=O)N1CCC[C@H]1C(OC)[C@@H](C)C(=O)N[C@@H](Cc1ccccc1)c1nc(-c2ccccc2)c[nH]1)OC)N(C)C(=O)[C@@H](NC(=O)C1[C@H]2CC[C@H](C2)N1C(=O)OCc1ccc(NC(=O)[C@H](CCCNC(N)=O)NC(=O)[C@@H](NC(=O)CCCCCN2C(=O)C=CC2=O)C(C)C)cc1)C(C)C. The molecule has 2 bridgehead atoms. The number of nitrogens with one attached hydrogen (secondary N) is 7. The topological polar surface area (TPSA) is 355 Å². The zero-order valence-corrected chi connectivity index (χ0v) is 61.7. The first-order chi connectivity index (χ1) is 49.8. The Morgan fingerprint density at radius 2 is 1.42 bits per heavy atom. The van der Waals surface area contributed by atoms with E-state index in [1.807, 2.05) is 101 Å². The molecule has 1 aromatic heterocycles. The van der Waals surface area contributed by atoms with Gasteiger partial charge in [-0.05, 0) is 111 Å². The number of anilines is 1. The number of likely N-dealkylation sites (tertiary alicyclic amines) is 2. The molecule has 27 nitrogen and oxygen atoms in total. The number of benzene rings is 3. The summed E-state index contributed by atoms with van der Waals surface area (Å²) in [6, 6.07) is 19.6. The molecule has 12 amide bonds. The number of carbonyl (C=O) groups excluding carboxylic acids is 11. The minimum atomic E-state index is -1.11. The molecule has 4 heterocycles. The van der Waals surface area contributed by atoms with E-state index < -0.39 is 96.2 Å². The molecular formula is C77H107N13O14. The molecule has 3 aromatic carbocycles. The van der Waals surface area contributed by atoms with Crippen molar-refractivity contribution in [1.29, 1.82) is 0 Å². The number of piperidine rings is 1. The van der Waals surface area contributed by atoms with Crippen LogP contribution in [0.5, 0.6) is 0 Å². The summed E-state index contributed by atoms with van der Waals surface area (Å²) in [7, 11) is 4.76. The highest BCUT2D eigenvalue weighted by Gasteiger charge is 2.53. The van der Waals surface area contributed by atoms with Crippen LogP contribution in [0.4, 0.5) is 15.3 Å². The Kier molecular flexibility index (Phi) is 29.5. The van der Waals surface area contributed by atoms with Crippen molar-refractivity contribution in [3.63, 3.8) is 0 Å². The van der Waals surface area contributed by atoms with Gasteiger partial charge in [-0.1, -0.05) is 134 Å². The number of ether oxygens (including phenoxy) is 3. The largest absolute Gasteiger partial charge is 0.445 e. The number of carbonyl (C=O) groups is 11. The lowest BCUT2D eigenvalue weighted by molar-refractivity contribution is -0.148. The Hall–Kier alpha value is -9.50. The normalized spacial score (nSPS) is 19.5. The molecule has 0 spiro atoms. The molecule has 564 valence electrons. The quantitative estimate of drug-likeness (QED) is 0.0162. The third-order valence-corrected chi connectivity index (χ3v) is 20.8. The number of imide groups is 1. The summed E-state index contributed by atoms with van der Waals surface area (Å²) in [6.45, 7) is 13.6. The first kappa shape index (κ1) is 80.2. The Morgan fingerprint density at radius 1 is 0.740 bits per heavy atom. The van der Waals surface area contributed by atoms with Crippen molar-refractivity contribution in [2.45, 2.75) is 206 Å². The number of hydrogen-bond acceptors (Lipinski definition) is 15. The summed E-state index contributed by atoms with van der Waals surface area (Å²) in [5, 5.41) is 17.2. The van der Waals surface area contributed by atoms with Gasteiger partial charge in [0.1, 0.15) is 36.6 Å². The monoisotopic (exact) mass is 1440 g/mol. The number of amides is 12.